The van der Waals surface area contributed by atoms with Gasteiger partial charge in [-0.2, -0.15) is 0 Å². The maximum atomic E-state index is 6.27. The monoisotopic (exact) mass is 330 g/mol. The van der Waals surface area contributed by atoms with Crippen molar-refractivity contribution in [2.45, 2.75) is 26.3 Å². The number of anilines is 1. The van der Waals surface area contributed by atoms with E-state index < -0.39 is 0 Å². The van der Waals surface area contributed by atoms with E-state index in [9.17, 15) is 0 Å². The highest BCUT2D eigenvalue weighted by molar-refractivity contribution is 9.10. The van der Waals surface area contributed by atoms with E-state index in [4.69, 9.17) is 11.6 Å². The van der Waals surface area contributed by atoms with Crippen molar-refractivity contribution in [3.05, 3.63) is 27.7 Å². The van der Waals surface area contributed by atoms with Gasteiger partial charge < -0.3 is 10.2 Å². The summed E-state index contributed by atoms with van der Waals surface area (Å²) in [5, 5.41) is 4.36. The fourth-order valence-corrected chi connectivity index (χ4v) is 2.93. The first-order valence-corrected chi connectivity index (χ1v) is 7.66. The third-order valence-corrected chi connectivity index (χ3v) is 4.16. The van der Waals surface area contributed by atoms with Crippen molar-refractivity contribution < 1.29 is 0 Å². The molecule has 2 rings (SSSR count). The van der Waals surface area contributed by atoms with E-state index in [1.807, 2.05) is 12.1 Å². The molecule has 0 amide bonds. The van der Waals surface area contributed by atoms with Gasteiger partial charge in [0.1, 0.15) is 0 Å². The second-order valence-electron chi connectivity index (χ2n) is 5.26. The molecular weight excluding hydrogens is 312 g/mol. The van der Waals surface area contributed by atoms with Gasteiger partial charge in [-0.05, 0) is 37.1 Å². The first-order valence-electron chi connectivity index (χ1n) is 6.49. The molecule has 0 spiro atoms. The van der Waals surface area contributed by atoms with Gasteiger partial charge in [-0.15, -0.1) is 0 Å². The summed E-state index contributed by atoms with van der Waals surface area (Å²) in [6, 6.07) is 6.62. The van der Waals surface area contributed by atoms with Crippen LogP contribution in [0.2, 0.25) is 5.02 Å². The number of benzene rings is 1. The minimum Gasteiger partial charge on any atom is -0.370 e. The van der Waals surface area contributed by atoms with Crippen molar-refractivity contribution in [3.8, 4) is 0 Å². The molecule has 1 aliphatic heterocycles. The molecule has 0 aliphatic carbocycles. The first-order chi connectivity index (χ1) is 8.56. The fraction of sp³-hybridized carbons (Fsp3) is 0.571. The zero-order valence-corrected chi connectivity index (χ0v) is 13.3. The average molecular weight is 332 g/mol. The highest BCUT2D eigenvalue weighted by Crippen LogP contribution is 2.32. The lowest BCUT2D eigenvalue weighted by molar-refractivity contribution is 0.480. The predicted molar refractivity (Wildman–Crippen MR) is 82.6 cm³/mol. The standard InChI is InChI=1S/C14H20BrClN2/c1-10(2)17-8-11-5-6-18(9-11)14-7-12(15)3-4-13(14)16/h3-4,7,10-11,17H,5-6,8-9H2,1-2H3. The van der Waals surface area contributed by atoms with E-state index in [2.05, 4.69) is 46.1 Å². The Kier molecular flexibility index (Phi) is 4.93. The van der Waals surface area contributed by atoms with Crippen LogP contribution in [0, 0.1) is 5.92 Å². The Morgan fingerprint density at radius 3 is 3.00 bits per heavy atom. The van der Waals surface area contributed by atoms with Crippen LogP contribution in [0.5, 0.6) is 0 Å². The van der Waals surface area contributed by atoms with Crippen LogP contribution >= 0.6 is 27.5 Å². The molecule has 1 unspecified atom stereocenters. The second kappa shape index (κ2) is 6.27. The minimum absolute atomic E-state index is 0.563. The smallest absolute Gasteiger partial charge is 0.0640 e. The Morgan fingerprint density at radius 1 is 1.50 bits per heavy atom. The van der Waals surface area contributed by atoms with E-state index in [1.54, 1.807) is 0 Å². The summed E-state index contributed by atoms with van der Waals surface area (Å²) in [4.78, 5) is 2.39. The Labute approximate surface area is 123 Å². The average Bonchev–Trinajstić information content (AvgIpc) is 2.78. The molecule has 0 aromatic heterocycles. The number of nitrogens with zero attached hydrogens (tertiary/aromatic N) is 1. The van der Waals surface area contributed by atoms with Crippen molar-refractivity contribution in [3.63, 3.8) is 0 Å². The molecule has 1 heterocycles. The zero-order chi connectivity index (χ0) is 13.1. The maximum Gasteiger partial charge on any atom is 0.0640 e. The molecule has 2 nitrogen and oxygen atoms in total. The summed E-state index contributed by atoms with van der Waals surface area (Å²) in [6.45, 7) is 7.67. The normalized spacial score (nSPS) is 19.8. The molecule has 1 atom stereocenters. The second-order valence-corrected chi connectivity index (χ2v) is 6.58. The molecule has 0 bridgehead atoms. The highest BCUT2D eigenvalue weighted by atomic mass is 79.9. The van der Waals surface area contributed by atoms with Crippen LogP contribution in [-0.4, -0.2) is 25.7 Å². The molecule has 0 radical (unpaired) electrons. The topological polar surface area (TPSA) is 15.3 Å². The summed E-state index contributed by atoms with van der Waals surface area (Å²) >= 11 is 9.78. The van der Waals surface area contributed by atoms with Crippen LogP contribution < -0.4 is 10.2 Å². The van der Waals surface area contributed by atoms with E-state index in [0.29, 0.717) is 6.04 Å². The van der Waals surface area contributed by atoms with Gasteiger partial charge in [0.25, 0.3) is 0 Å². The van der Waals surface area contributed by atoms with Crippen LogP contribution in [0.3, 0.4) is 0 Å². The number of halogens is 2. The lowest BCUT2D eigenvalue weighted by Crippen LogP contribution is -2.30. The van der Waals surface area contributed by atoms with Crippen LogP contribution in [0.1, 0.15) is 20.3 Å². The van der Waals surface area contributed by atoms with Crippen molar-refractivity contribution >= 4 is 33.2 Å². The van der Waals surface area contributed by atoms with E-state index >= 15 is 0 Å². The lowest BCUT2D eigenvalue weighted by atomic mass is 10.1. The summed E-state index contributed by atoms with van der Waals surface area (Å²) in [5.41, 5.74) is 1.15. The Morgan fingerprint density at radius 2 is 2.28 bits per heavy atom. The summed E-state index contributed by atoms with van der Waals surface area (Å²) in [7, 11) is 0. The van der Waals surface area contributed by atoms with Gasteiger partial charge in [0.2, 0.25) is 0 Å². The fourth-order valence-electron chi connectivity index (χ4n) is 2.35. The summed E-state index contributed by atoms with van der Waals surface area (Å²) in [5.74, 6) is 0.724. The Bertz CT molecular complexity index is 409. The number of hydrogen-bond donors (Lipinski definition) is 1. The molecule has 1 fully saturated rings. The molecule has 1 aromatic carbocycles. The molecule has 1 N–H and O–H groups in total. The lowest BCUT2D eigenvalue weighted by Gasteiger charge is -2.21. The molecule has 0 saturated carbocycles. The summed E-state index contributed by atoms with van der Waals surface area (Å²) in [6.07, 6.45) is 1.24. The van der Waals surface area contributed by atoms with Crippen molar-refractivity contribution in [2.24, 2.45) is 5.92 Å². The third kappa shape index (κ3) is 3.62. The van der Waals surface area contributed by atoms with E-state index in [-0.39, 0.29) is 0 Å². The molecular formula is C14H20BrClN2. The van der Waals surface area contributed by atoms with Gasteiger partial charge in [0, 0.05) is 23.6 Å². The molecule has 100 valence electrons. The maximum absolute atomic E-state index is 6.27. The zero-order valence-electron chi connectivity index (χ0n) is 10.9. The quantitative estimate of drug-likeness (QED) is 0.899. The summed E-state index contributed by atoms with van der Waals surface area (Å²) < 4.78 is 1.09. The van der Waals surface area contributed by atoms with E-state index in [0.717, 1.165) is 40.7 Å². The van der Waals surface area contributed by atoms with E-state index in [1.165, 1.54) is 6.42 Å². The Hall–Kier alpha value is -0.250. The van der Waals surface area contributed by atoms with Crippen LogP contribution in [0.15, 0.2) is 22.7 Å². The minimum atomic E-state index is 0.563. The predicted octanol–water partition coefficient (Wildman–Crippen LogP) is 3.93. The first kappa shape index (κ1) is 14.2. The number of rotatable bonds is 4. The van der Waals surface area contributed by atoms with Gasteiger partial charge in [-0.3, -0.25) is 0 Å². The molecule has 1 aliphatic rings. The van der Waals surface area contributed by atoms with Gasteiger partial charge in [-0.1, -0.05) is 41.4 Å². The van der Waals surface area contributed by atoms with Crippen molar-refractivity contribution in [1.29, 1.82) is 0 Å². The van der Waals surface area contributed by atoms with Gasteiger partial charge in [0.15, 0.2) is 0 Å². The third-order valence-electron chi connectivity index (χ3n) is 3.35. The largest absolute Gasteiger partial charge is 0.370 e. The van der Waals surface area contributed by atoms with Crippen molar-refractivity contribution in [2.75, 3.05) is 24.5 Å². The number of nitrogens with one attached hydrogen (secondary N) is 1. The molecule has 4 heteroatoms. The van der Waals surface area contributed by atoms with Crippen LogP contribution in [-0.2, 0) is 0 Å². The van der Waals surface area contributed by atoms with Gasteiger partial charge in [-0.25, -0.2) is 0 Å². The Balaban J connectivity index is 1.97. The van der Waals surface area contributed by atoms with Gasteiger partial charge >= 0.3 is 0 Å². The molecule has 18 heavy (non-hydrogen) atoms. The number of hydrogen-bond acceptors (Lipinski definition) is 2. The highest BCUT2D eigenvalue weighted by Gasteiger charge is 2.24. The van der Waals surface area contributed by atoms with Gasteiger partial charge in [0.05, 0.1) is 10.7 Å². The van der Waals surface area contributed by atoms with Crippen LogP contribution in [0.25, 0.3) is 0 Å². The van der Waals surface area contributed by atoms with Crippen LogP contribution in [0.4, 0.5) is 5.69 Å². The SMILES string of the molecule is CC(C)NCC1CCN(c2cc(Br)ccc2Cl)C1. The molecule has 1 saturated heterocycles. The molecule has 1 aromatic rings. The van der Waals surface area contributed by atoms with Crippen molar-refractivity contribution in [1.82, 2.24) is 5.32 Å².